The van der Waals surface area contributed by atoms with Gasteiger partial charge in [0.1, 0.15) is 5.82 Å². The van der Waals surface area contributed by atoms with E-state index in [2.05, 4.69) is 5.32 Å². The fourth-order valence-electron chi connectivity index (χ4n) is 3.93. The highest BCUT2D eigenvalue weighted by Gasteiger charge is 2.30. The largest absolute Gasteiger partial charge is 0.481 e. The maximum absolute atomic E-state index is 14.3. The molecule has 1 aromatic heterocycles. The van der Waals surface area contributed by atoms with Gasteiger partial charge in [0.25, 0.3) is 5.91 Å². The minimum atomic E-state index is -0.788. The number of methoxy groups -OCH3 is 1. The number of carbonyl (C=O) groups is 2. The van der Waals surface area contributed by atoms with Crippen molar-refractivity contribution in [3.63, 3.8) is 0 Å². The number of fused-ring (bicyclic) bond motifs is 1. The number of pyridine rings is 1. The topological polar surface area (TPSA) is 77.5 Å². The Morgan fingerprint density at radius 2 is 1.94 bits per heavy atom. The van der Waals surface area contributed by atoms with E-state index in [1.165, 1.54) is 13.2 Å². The SMILES string of the molecule is COc1nc(-c2ccc3cccc(F)c3c2)c(C)cc1C(/C=C1\OC(=O)NC1=O)C(C)C. The summed E-state index contributed by atoms with van der Waals surface area (Å²) in [5.41, 5.74) is 3.08. The molecule has 1 atom stereocenters. The Balaban J connectivity index is 1.81. The molecule has 2 heterocycles. The van der Waals surface area contributed by atoms with Crippen LogP contribution >= 0.6 is 0 Å². The zero-order valence-corrected chi connectivity index (χ0v) is 18.2. The molecule has 1 aliphatic rings. The van der Waals surface area contributed by atoms with Gasteiger partial charge < -0.3 is 9.47 Å². The molecule has 1 unspecified atom stereocenters. The molecule has 1 saturated heterocycles. The second-order valence-electron chi connectivity index (χ2n) is 8.07. The van der Waals surface area contributed by atoms with Crippen LogP contribution in [0.3, 0.4) is 0 Å². The molecule has 0 saturated carbocycles. The van der Waals surface area contributed by atoms with E-state index in [9.17, 15) is 14.0 Å². The smallest absolute Gasteiger partial charge is 0.419 e. The normalized spacial score (nSPS) is 15.9. The first-order valence-electron chi connectivity index (χ1n) is 10.3. The Labute approximate surface area is 185 Å². The molecular weight excluding hydrogens is 411 g/mol. The molecule has 0 bridgehead atoms. The van der Waals surface area contributed by atoms with Crippen LogP contribution in [0.25, 0.3) is 22.0 Å². The van der Waals surface area contributed by atoms with Crippen molar-refractivity contribution in [1.29, 1.82) is 0 Å². The number of imide groups is 1. The second kappa shape index (κ2) is 8.42. The van der Waals surface area contributed by atoms with E-state index in [1.54, 1.807) is 18.2 Å². The third kappa shape index (κ3) is 3.93. The summed E-state index contributed by atoms with van der Waals surface area (Å²) in [5.74, 6) is -0.737. The summed E-state index contributed by atoms with van der Waals surface area (Å²) in [6.45, 7) is 5.90. The number of halogens is 1. The molecule has 0 radical (unpaired) electrons. The molecule has 0 aliphatic carbocycles. The van der Waals surface area contributed by atoms with E-state index < -0.39 is 12.0 Å². The van der Waals surface area contributed by atoms with E-state index in [0.29, 0.717) is 17.0 Å². The molecule has 1 aliphatic heterocycles. The van der Waals surface area contributed by atoms with Crippen LogP contribution in [0.5, 0.6) is 5.88 Å². The second-order valence-corrected chi connectivity index (χ2v) is 8.07. The van der Waals surface area contributed by atoms with Gasteiger partial charge >= 0.3 is 6.09 Å². The lowest BCUT2D eigenvalue weighted by molar-refractivity contribution is -0.116. The molecule has 1 fully saturated rings. The first-order valence-corrected chi connectivity index (χ1v) is 10.3. The molecule has 6 nitrogen and oxygen atoms in total. The number of nitrogens with one attached hydrogen (secondary N) is 1. The van der Waals surface area contributed by atoms with Crippen molar-refractivity contribution in [2.75, 3.05) is 7.11 Å². The van der Waals surface area contributed by atoms with E-state index in [-0.39, 0.29) is 23.4 Å². The predicted molar refractivity (Wildman–Crippen MR) is 119 cm³/mol. The van der Waals surface area contributed by atoms with Gasteiger partial charge in [-0.1, -0.05) is 38.1 Å². The third-order valence-corrected chi connectivity index (χ3v) is 5.55. The Morgan fingerprint density at radius 1 is 1.16 bits per heavy atom. The molecule has 0 spiro atoms. The van der Waals surface area contributed by atoms with Crippen molar-refractivity contribution in [2.24, 2.45) is 5.92 Å². The van der Waals surface area contributed by atoms with Gasteiger partial charge in [-0.15, -0.1) is 0 Å². The van der Waals surface area contributed by atoms with Crippen LogP contribution < -0.4 is 10.1 Å². The van der Waals surface area contributed by atoms with Crippen molar-refractivity contribution in [1.82, 2.24) is 10.3 Å². The van der Waals surface area contributed by atoms with Crippen molar-refractivity contribution >= 4 is 22.8 Å². The summed E-state index contributed by atoms with van der Waals surface area (Å²) in [4.78, 5) is 28.1. The summed E-state index contributed by atoms with van der Waals surface area (Å²) < 4.78 is 24.9. The molecule has 2 aromatic carbocycles. The molecule has 4 rings (SSSR count). The molecule has 1 N–H and O–H groups in total. The number of allylic oxidation sites excluding steroid dienone is 1. The maximum Gasteiger partial charge on any atom is 0.419 e. The minimum Gasteiger partial charge on any atom is -0.481 e. The Morgan fingerprint density at radius 3 is 2.59 bits per heavy atom. The monoisotopic (exact) mass is 434 g/mol. The summed E-state index contributed by atoms with van der Waals surface area (Å²) in [7, 11) is 1.53. The van der Waals surface area contributed by atoms with Gasteiger partial charge in [0.15, 0.2) is 5.76 Å². The van der Waals surface area contributed by atoms with Crippen LogP contribution in [0.4, 0.5) is 9.18 Å². The van der Waals surface area contributed by atoms with E-state index in [0.717, 1.165) is 22.1 Å². The number of rotatable bonds is 5. The van der Waals surface area contributed by atoms with Crippen LogP contribution in [-0.4, -0.2) is 24.1 Å². The van der Waals surface area contributed by atoms with Gasteiger partial charge in [0, 0.05) is 22.4 Å². The number of hydrogen-bond donors (Lipinski definition) is 1. The highest BCUT2D eigenvalue weighted by atomic mass is 19.1. The number of hydrogen-bond acceptors (Lipinski definition) is 5. The zero-order chi connectivity index (χ0) is 23.0. The Kier molecular flexibility index (Phi) is 5.65. The van der Waals surface area contributed by atoms with E-state index >= 15 is 0 Å². The maximum atomic E-state index is 14.3. The standard InChI is InChI=1S/C25H23FN2O4/c1-13(2)17(12-21-23(29)28-25(30)32-21)19-10-14(3)22(27-24(19)31-4)16-9-8-15-6-5-7-20(26)18(15)11-16/h5-13,17H,1-4H3,(H,28,29,30)/b21-12-. The van der Waals surface area contributed by atoms with Gasteiger partial charge in [-0.05, 0) is 48.1 Å². The van der Waals surface area contributed by atoms with Gasteiger partial charge in [-0.2, -0.15) is 0 Å². The van der Waals surface area contributed by atoms with E-state index in [1.807, 2.05) is 45.0 Å². The first-order chi connectivity index (χ1) is 15.3. The number of carbonyl (C=O) groups excluding carboxylic acids is 2. The Bertz CT molecular complexity index is 1270. The minimum absolute atomic E-state index is 0.0394. The fraction of sp³-hybridized carbons (Fsp3) is 0.240. The van der Waals surface area contributed by atoms with Crippen LogP contribution in [0.1, 0.15) is 30.9 Å². The van der Waals surface area contributed by atoms with Gasteiger partial charge in [0.05, 0.1) is 12.8 Å². The third-order valence-electron chi connectivity index (χ3n) is 5.55. The molecule has 7 heteroatoms. The number of alkyl carbamates (subject to hydrolysis) is 1. The predicted octanol–water partition coefficient (Wildman–Crippen LogP) is 5.25. The quantitative estimate of drug-likeness (QED) is 0.555. The van der Waals surface area contributed by atoms with Crippen LogP contribution in [0.15, 0.2) is 54.3 Å². The highest BCUT2D eigenvalue weighted by molar-refractivity contribution is 6.07. The summed E-state index contributed by atoms with van der Waals surface area (Å²) >= 11 is 0. The highest BCUT2D eigenvalue weighted by Crippen LogP contribution is 2.37. The Hall–Kier alpha value is -3.74. The van der Waals surface area contributed by atoms with Crippen molar-refractivity contribution < 1.29 is 23.5 Å². The fourth-order valence-corrected chi connectivity index (χ4v) is 3.93. The number of aryl methyl sites for hydroxylation is 1. The summed E-state index contributed by atoms with van der Waals surface area (Å²) in [6, 6.07) is 12.5. The summed E-state index contributed by atoms with van der Waals surface area (Å²) in [6.07, 6.45) is 0.832. The van der Waals surface area contributed by atoms with Crippen molar-refractivity contribution in [3.8, 4) is 17.1 Å². The van der Waals surface area contributed by atoms with Crippen LogP contribution in [0.2, 0.25) is 0 Å². The molecule has 32 heavy (non-hydrogen) atoms. The van der Waals surface area contributed by atoms with Crippen molar-refractivity contribution in [2.45, 2.75) is 26.7 Å². The van der Waals surface area contributed by atoms with Gasteiger partial charge in [0.2, 0.25) is 5.88 Å². The molecule has 2 amide bonds. The zero-order valence-electron chi connectivity index (χ0n) is 18.2. The summed E-state index contributed by atoms with van der Waals surface area (Å²) in [5, 5.41) is 3.44. The first kappa shape index (κ1) is 21.5. The van der Waals surface area contributed by atoms with Crippen molar-refractivity contribution in [3.05, 3.63) is 71.2 Å². The molecule has 3 aromatic rings. The average molecular weight is 434 g/mol. The average Bonchev–Trinajstić information content (AvgIpc) is 3.08. The lowest BCUT2D eigenvalue weighted by Gasteiger charge is -2.21. The molecule has 164 valence electrons. The van der Waals surface area contributed by atoms with Crippen LogP contribution in [0, 0.1) is 18.7 Å². The van der Waals surface area contributed by atoms with E-state index in [4.69, 9.17) is 14.5 Å². The van der Waals surface area contributed by atoms with Gasteiger partial charge in [-0.25, -0.2) is 14.2 Å². The lowest BCUT2D eigenvalue weighted by atomic mass is 9.87. The number of ether oxygens (including phenoxy) is 2. The number of benzene rings is 2. The number of aromatic nitrogens is 1. The number of nitrogens with zero attached hydrogens (tertiary/aromatic N) is 1. The molecular formula is C25H23FN2O4. The van der Waals surface area contributed by atoms with Crippen LogP contribution in [-0.2, 0) is 9.53 Å². The number of amides is 2. The van der Waals surface area contributed by atoms with Gasteiger partial charge in [-0.3, -0.25) is 10.1 Å². The number of cyclic esters (lactones) is 1. The lowest BCUT2D eigenvalue weighted by Crippen LogP contribution is -2.19.